The van der Waals surface area contributed by atoms with Crippen LogP contribution in [-0.4, -0.2) is 46.2 Å². The lowest BCUT2D eigenvalue weighted by atomic mass is 10.0. The highest BCUT2D eigenvalue weighted by molar-refractivity contribution is 5.78. The standard InChI is InChI=1S/C21H22N4O2/c1-4-14-10-13(2)19(17(26)11-14)16-7-8-18-20(23-16)24-21(27-18)22-15-6-5-9-25(3)12-15/h1,7-8,10-11,15,26H,5-6,9,12H2,2-3H3,(H,22,23,24)/t15-/m1/s1. The smallest absolute Gasteiger partial charge is 0.297 e. The van der Waals surface area contributed by atoms with Gasteiger partial charge in [0.05, 0.1) is 5.69 Å². The Labute approximate surface area is 158 Å². The highest BCUT2D eigenvalue weighted by atomic mass is 16.4. The predicted octanol–water partition coefficient (Wildman–Crippen LogP) is 3.39. The summed E-state index contributed by atoms with van der Waals surface area (Å²) in [5, 5.41) is 13.7. The van der Waals surface area contributed by atoms with E-state index in [1.54, 1.807) is 6.07 Å². The third kappa shape index (κ3) is 3.46. The van der Waals surface area contributed by atoms with Gasteiger partial charge in [0.15, 0.2) is 5.58 Å². The van der Waals surface area contributed by atoms with Crippen molar-refractivity contribution in [2.45, 2.75) is 25.8 Å². The molecule has 2 N–H and O–H groups in total. The van der Waals surface area contributed by atoms with Crippen LogP contribution in [0.2, 0.25) is 0 Å². The Morgan fingerprint density at radius 2 is 2.19 bits per heavy atom. The molecule has 1 saturated heterocycles. The molecule has 1 fully saturated rings. The first-order valence-electron chi connectivity index (χ1n) is 9.07. The van der Waals surface area contributed by atoms with Crippen LogP contribution in [0.5, 0.6) is 5.75 Å². The lowest BCUT2D eigenvalue weighted by molar-refractivity contribution is 0.259. The van der Waals surface area contributed by atoms with Crippen molar-refractivity contribution in [3.05, 3.63) is 35.4 Å². The van der Waals surface area contributed by atoms with E-state index in [1.807, 2.05) is 25.1 Å². The number of pyridine rings is 1. The Morgan fingerprint density at radius 3 is 2.93 bits per heavy atom. The van der Waals surface area contributed by atoms with Crippen LogP contribution in [0.3, 0.4) is 0 Å². The quantitative estimate of drug-likeness (QED) is 0.696. The van der Waals surface area contributed by atoms with Gasteiger partial charge in [0, 0.05) is 23.7 Å². The van der Waals surface area contributed by atoms with Crippen LogP contribution in [0, 0.1) is 19.3 Å². The van der Waals surface area contributed by atoms with Crippen molar-refractivity contribution in [2.75, 3.05) is 25.5 Å². The molecule has 0 bridgehead atoms. The minimum absolute atomic E-state index is 0.113. The molecule has 0 aliphatic carbocycles. The molecular formula is C21H22N4O2. The van der Waals surface area contributed by atoms with Crippen molar-refractivity contribution in [3.8, 4) is 29.4 Å². The average Bonchev–Trinajstić information content (AvgIpc) is 3.02. The number of rotatable bonds is 3. The number of terminal acetylenes is 1. The molecule has 0 saturated carbocycles. The van der Waals surface area contributed by atoms with E-state index in [4.69, 9.17) is 10.8 Å². The molecule has 3 heterocycles. The number of phenolic OH excluding ortho intramolecular Hbond substituents is 1. The van der Waals surface area contributed by atoms with Crippen LogP contribution in [-0.2, 0) is 0 Å². The molecule has 1 aliphatic rings. The first-order valence-corrected chi connectivity index (χ1v) is 9.07. The fourth-order valence-electron chi connectivity index (χ4n) is 3.66. The number of aromatic hydroxyl groups is 1. The van der Waals surface area contributed by atoms with Gasteiger partial charge in [-0.15, -0.1) is 6.42 Å². The number of phenols is 1. The number of likely N-dealkylation sites (tertiary alicyclic amines) is 1. The second-order valence-electron chi connectivity index (χ2n) is 7.11. The maximum Gasteiger partial charge on any atom is 0.297 e. The monoisotopic (exact) mass is 362 g/mol. The van der Waals surface area contributed by atoms with E-state index in [0.29, 0.717) is 40.1 Å². The number of nitrogens with one attached hydrogen (secondary N) is 1. The Morgan fingerprint density at radius 1 is 1.33 bits per heavy atom. The first-order chi connectivity index (χ1) is 13.0. The number of anilines is 1. The second-order valence-corrected chi connectivity index (χ2v) is 7.11. The van der Waals surface area contributed by atoms with E-state index in [-0.39, 0.29) is 5.75 Å². The van der Waals surface area contributed by atoms with Crippen molar-refractivity contribution in [2.24, 2.45) is 0 Å². The Kier molecular flexibility index (Phi) is 4.46. The van der Waals surface area contributed by atoms with Crippen LogP contribution < -0.4 is 5.32 Å². The highest BCUT2D eigenvalue weighted by Crippen LogP contribution is 2.33. The zero-order chi connectivity index (χ0) is 19.0. The molecule has 27 heavy (non-hydrogen) atoms. The fraction of sp³-hybridized carbons (Fsp3) is 0.333. The number of benzene rings is 1. The van der Waals surface area contributed by atoms with Crippen LogP contribution in [0.4, 0.5) is 6.01 Å². The van der Waals surface area contributed by atoms with Crippen molar-refractivity contribution >= 4 is 17.2 Å². The molecule has 0 radical (unpaired) electrons. The van der Waals surface area contributed by atoms with E-state index >= 15 is 0 Å². The van der Waals surface area contributed by atoms with Gasteiger partial charge in [0.2, 0.25) is 5.65 Å². The lowest BCUT2D eigenvalue weighted by Gasteiger charge is -2.29. The molecule has 6 heteroatoms. The number of aromatic nitrogens is 2. The van der Waals surface area contributed by atoms with Crippen molar-refractivity contribution < 1.29 is 9.52 Å². The summed E-state index contributed by atoms with van der Waals surface area (Å²) in [6.45, 7) is 3.99. The normalized spacial score (nSPS) is 17.7. The van der Waals surface area contributed by atoms with Gasteiger partial charge in [-0.3, -0.25) is 0 Å². The summed E-state index contributed by atoms with van der Waals surface area (Å²) < 4.78 is 5.80. The van der Waals surface area contributed by atoms with E-state index in [1.165, 1.54) is 0 Å². The molecule has 4 rings (SSSR count). The highest BCUT2D eigenvalue weighted by Gasteiger charge is 2.20. The molecule has 2 aromatic heterocycles. The van der Waals surface area contributed by atoms with Gasteiger partial charge in [-0.25, -0.2) is 4.98 Å². The first kappa shape index (κ1) is 17.4. The number of likely N-dealkylation sites (N-methyl/N-ethyl adjacent to an activating group) is 1. The summed E-state index contributed by atoms with van der Waals surface area (Å²) >= 11 is 0. The van der Waals surface area contributed by atoms with Gasteiger partial charge in [0.1, 0.15) is 5.75 Å². The number of oxazole rings is 1. The summed E-state index contributed by atoms with van der Waals surface area (Å²) in [6.07, 6.45) is 7.68. The lowest BCUT2D eigenvalue weighted by Crippen LogP contribution is -2.39. The summed E-state index contributed by atoms with van der Waals surface area (Å²) in [7, 11) is 2.12. The zero-order valence-corrected chi connectivity index (χ0v) is 15.5. The molecule has 1 atom stereocenters. The zero-order valence-electron chi connectivity index (χ0n) is 15.5. The van der Waals surface area contributed by atoms with E-state index < -0.39 is 0 Å². The Balaban J connectivity index is 1.65. The van der Waals surface area contributed by atoms with Gasteiger partial charge < -0.3 is 19.7 Å². The molecule has 1 aliphatic heterocycles. The van der Waals surface area contributed by atoms with Gasteiger partial charge in [0.25, 0.3) is 6.01 Å². The van der Waals surface area contributed by atoms with Gasteiger partial charge in [-0.05, 0) is 63.2 Å². The minimum atomic E-state index is 0.113. The van der Waals surface area contributed by atoms with Crippen LogP contribution in [0.25, 0.3) is 22.5 Å². The molecule has 6 nitrogen and oxygen atoms in total. The largest absolute Gasteiger partial charge is 0.507 e. The van der Waals surface area contributed by atoms with Crippen LogP contribution in [0.1, 0.15) is 24.0 Å². The molecule has 138 valence electrons. The third-order valence-corrected chi connectivity index (χ3v) is 4.94. The minimum Gasteiger partial charge on any atom is -0.507 e. The molecule has 3 aromatic rings. The summed E-state index contributed by atoms with van der Waals surface area (Å²) in [5.74, 6) is 2.66. The van der Waals surface area contributed by atoms with E-state index in [9.17, 15) is 5.11 Å². The van der Waals surface area contributed by atoms with Gasteiger partial charge in [-0.1, -0.05) is 5.92 Å². The third-order valence-electron chi connectivity index (χ3n) is 4.94. The predicted molar refractivity (Wildman–Crippen MR) is 106 cm³/mol. The fourth-order valence-corrected chi connectivity index (χ4v) is 3.66. The Hall–Kier alpha value is -3.04. The summed E-state index contributed by atoms with van der Waals surface area (Å²) in [4.78, 5) is 11.4. The van der Waals surface area contributed by atoms with E-state index in [0.717, 1.165) is 31.5 Å². The SMILES string of the molecule is C#Cc1cc(C)c(-c2ccc3oc(N[C@@H]4CCCN(C)C4)nc3n2)c(O)c1. The molecule has 0 unspecified atom stereocenters. The number of nitrogens with zero attached hydrogens (tertiary/aromatic N) is 3. The number of hydrogen-bond acceptors (Lipinski definition) is 6. The molecule has 0 amide bonds. The number of fused-ring (bicyclic) bond motifs is 1. The second kappa shape index (κ2) is 6.93. The summed E-state index contributed by atoms with van der Waals surface area (Å²) in [5.41, 5.74) is 3.92. The van der Waals surface area contributed by atoms with Crippen molar-refractivity contribution in [3.63, 3.8) is 0 Å². The van der Waals surface area contributed by atoms with E-state index in [2.05, 4.69) is 33.2 Å². The molecular weight excluding hydrogens is 340 g/mol. The van der Waals surface area contributed by atoms with Crippen LogP contribution >= 0.6 is 0 Å². The number of piperidine rings is 1. The topological polar surface area (TPSA) is 74.4 Å². The molecule has 0 spiro atoms. The average molecular weight is 362 g/mol. The van der Waals surface area contributed by atoms with Gasteiger partial charge >= 0.3 is 0 Å². The maximum atomic E-state index is 10.4. The number of hydrogen-bond donors (Lipinski definition) is 2. The van der Waals surface area contributed by atoms with Crippen molar-refractivity contribution in [1.29, 1.82) is 0 Å². The van der Waals surface area contributed by atoms with Crippen molar-refractivity contribution in [1.82, 2.24) is 14.9 Å². The van der Waals surface area contributed by atoms with Gasteiger partial charge in [-0.2, -0.15) is 4.98 Å². The Bertz CT molecular complexity index is 1010. The summed E-state index contributed by atoms with van der Waals surface area (Å²) in [6, 6.07) is 7.89. The maximum absolute atomic E-state index is 10.4. The van der Waals surface area contributed by atoms with Crippen LogP contribution in [0.15, 0.2) is 28.7 Å². The number of aryl methyl sites for hydroxylation is 1. The molecule has 1 aromatic carbocycles.